The van der Waals surface area contributed by atoms with Crippen LogP contribution >= 0.6 is 0 Å². The van der Waals surface area contributed by atoms with Gasteiger partial charge in [0.1, 0.15) is 0 Å². The predicted molar refractivity (Wildman–Crippen MR) is 55.8 cm³/mol. The molecule has 0 aliphatic rings. The van der Waals surface area contributed by atoms with E-state index in [4.69, 9.17) is 0 Å². The minimum atomic E-state index is -0.205. The maximum atomic E-state index is 11.8. The van der Waals surface area contributed by atoms with Crippen molar-refractivity contribution in [3.8, 4) is 0 Å². The molecule has 3 heteroatoms. The van der Waals surface area contributed by atoms with Gasteiger partial charge < -0.3 is 10.2 Å². The molecular weight excluding hydrogens is 167 g/mol. The van der Waals surface area contributed by atoms with Crippen LogP contribution in [0.25, 0.3) is 0 Å². The standard InChI is InChI=1S/C10H23FN2/c1-10(2)9-12-6-8-13(3)7-4-5-11/h10,12H,4-9H2,1-3H3. The van der Waals surface area contributed by atoms with Gasteiger partial charge >= 0.3 is 0 Å². The topological polar surface area (TPSA) is 15.3 Å². The fourth-order valence-electron chi connectivity index (χ4n) is 1.10. The molecule has 13 heavy (non-hydrogen) atoms. The molecule has 0 aliphatic carbocycles. The highest BCUT2D eigenvalue weighted by Crippen LogP contribution is 1.89. The third-order valence-corrected chi connectivity index (χ3v) is 1.90. The molecule has 0 unspecified atom stereocenters. The van der Waals surface area contributed by atoms with E-state index in [1.54, 1.807) is 0 Å². The lowest BCUT2D eigenvalue weighted by Crippen LogP contribution is -2.31. The molecule has 0 amide bonds. The van der Waals surface area contributed by atoms with E-state index in [0.717, 1.165) is 26.2 Å². The number of nitrogens with one attached hydrogen (secondary N) is 1. The molecule has 0 spiro atoms. The van der Waals surface area contributed by atoms with E-state index in [1.165, 1.54) is 0 Å². The molecule has 0 aromatic rings. The Morgan fingerprint density at radius 3 is 2.54 bits per heavy atom. The fraction of sp³-hybridized carbons (Fsp3) is 1.00. The van der Waals surface area contributed by atoms with Gasteiger partial charge in [-0.15, -0.1) is 0 Å². The molecular formula is C10H23FN2. The molecule has 1 N–H and O–H groups in total. The maximum Gasteiger partial charge on any atom is 0.0906 e. The second-order valence-electron chi connectivity index (χ2n) is 3.94. The molecule has 0 fully saturated rings. The molecule has 0 rings (SSSR count). The van der Waals surface area contributed by atoms with E-state index in [2.05, 4.69) is 24.1 Å². The van der Waals surface area contributed by atoms with Crippen LogP contribution in [-0.2, 0) is 0 Å². The van der Waals surface area contributed by atoms with Crippen LogP contribution in [-0.4, -0.2) is 44.8 Å². The Hall–Kier alpha value is -0.150. The Labute approximate surface area is 81.5 Å². The van der Waals surface area contributed by atoms with Gasteiger partial charge in [-0.1, -0.05) is 13.8 Å². The summed E-state index contributed by atoms with van der Waals surface area (Å²) in [6.07, 6.45) is 0.653. The van der Waals surface area contributed by atoms with Crippen molar-refractivity contribution in [2.45, 2.75) is 20.3 Å². The summed E-state index contributed by atoms with van der Waals surface area (Å²) in [7, 11) is 2.03. The summed E-state index contributed by atoms with van der Waals surface area (Å²) >= 11 is 0. The van der Waals surface area contributed by atoms with Crippen LogP contribution in [0, 0.1) is 5.92 Å². The zero-order valence-electron chi connectivity index (χ0n) is 9.15. The number of alkyl halides is 1. The number of nitrogens with zero attached hydrogens (tertiary/aromatic N) is 1. The third kappa shape index (κ3) is 9.77. The van der Waals surface area contributed by atoms with Crippen LogP contribution in [0.1, 0.15) is 20.3 Å². The molecule has 2 nitrogen and oxygen atoms in total. The lowest BCUT2D eigenvalue weighted by molar-refractivity contribution is 0.306. The van der Waals surface area contributed by atoms with E-state index in [0.29, 0.717) is 12.3 Å². The fourth-order valence-corrected chi connectivity index (χ4v) is 1.10. The highest BCUT2D eigenvalue weighted by Gasteiger charge is 1.97. The second-order valence-corrected chi connectivity index (χ2v) is 3.94. The van der Waals surface area contributed by atoms with Crippen LogP contribution < -0.4 is 5.32 Å². The summed E-state index contributed by atoms with van der Waals surface area (Å²) < 4.78 is 11.8. The SMILES string of the molecule is CC(C)CNCCN(C)CCCF. The Bertz CT molecular complexity index is 107. The van der Waals surface area contributed by atoms with Crippen molar-refractivity contribution in [2.75, 3.05) is 39.9 Å². The molecule has 0 bridgehead atoms. The van der Waals surface area contributed by atoms with E-state index in [9.17, 15) is 4.39 Å². The normalized spacial score (nSPS) is 11.5. The monoisotopic (exact) mass is 190 g/mol. The summed E-state index contributed by atoms with van der Waals surface area (Å²) in [5, 5.41) is 3.36. The molecule has 0 radical (unpaired) electrons. The van der Waals surface area contributed by atoms with Crippen LogP contribution in [0.3, 0.4) is 0 Å². The summed E-state index contributed by atoms with van der Waals surface area (Å²) in [5.41, 5.74) is 0. The smallest absolute Gasteiger partial charge is 0.0906 e. The number of rotatable bonds is 8. The van der Waals surface area contributed by atoms with Crippen LogP contribution in [0.2, 0.25) is 0 Å². The van der Waals surface area contributed by atoms with E-state index >= 15 is 0 Å². The van der Waals surface area contributed by atoms with Crippen molar-refractivity contribution in [1.29, 1.82) is 0 Å². The summed E-state index contributed by atoms with van der Waals surface area (Å²) in [6.45, 7) is 8.12. The quantitative estimate of drug-likeness (QED) is 0.584. The second kappa shape index (κ2) is 8.45. The molecule has 0 heterocycles. The van der Waals surface area contributed by atoms with Crippen molar-refractivity contribution in [3.05, 3.63) is 0 Å². The van der Waals surface area contributed by atoms with Crippen molar-refractivity contribution < 1.29 is 4.39 Å². The average molecular weight is 190 g/mol. The minimum Gasteiger partial charge on any atom is -0.315 e. The summed E-state index contributed by atoms with van der Waals surface area (Å²) in [5.74, 6) is 0.705. The predicted octanol–water partition coefficient (Wildman–Crippen LogP) is 1.52. The average Bonchev–Trinajstić information content (AvgIpc) is 2.08. The van der Waals surface area contributed by atoms with Gasteiger partial charge in [0.05, 0.1) is 6.67 Å². The Morgan fingerprint density at radius 2 is 2.00 bits per heavy atom. The van der Waals surface area contributed by atoms with E-state index in [-0.39, 0.29) is 6.67 Å². The number of hydrogen-bond donors (Lipinski definition) is 1. The number of halogens is 1. The highest BCUT2D eigenvalue weighted by atomic mass is 19.1. The molecule has 0 aromatic carbocycles. The highest BCUT2D eigenvalue weighted by molar-refractivity contribution is 4.56. The zero-order valence-corrected chi connectivity index (χ0v) is 9.15. The van der Waals surface area contributed by atoms with Gasteiger partial charge in [0, 0.05) is 19.6 Å². The van der Waals surface area contributed by atoms with Gasteiger partial charge in [0.2, 0.25) is 0 Å². The van der Waals surface area contributed by atoms with Crippen molar-refractivity contribution in [2.24, 2.45) is 5.92 Å². The molecule has 80 valence electrons. The van der Waals surface area contributed by atoms with Gasteiger partial charge in [-0.2, -0.15) is 0 Å². The lowest BCUT2D eigenvalue weighted by atomic mass is 10.2. The minimum absolute atomic E-state index is 0.205. The first-order chi connectivity index (χ1) is 6.16. The number of hydrogen-bond acceptors (Lipinski definition) is 2. The Kier molecular flexibility index (Phi) is 8.35. The molecule has 0 aliphatic heterocycles. The number of likely N-dealkylation sites (N-methyl/N-ethyl adjacent to an activating group) is 1. The molecule has 0 saturated carbocycles. The molecule has 0 saturated heterocycles. The van der Waals surface area contributed by atoms with Gasteiger partial charge in [0.25, 0.3) is 0 Å². The van der Waals surface area contributed by atoms with Gasteiger partial charge in [-0.25, -0.2) is 0 Å². The Balaban J connectivity index is 3.12. The largest absolute Gasteiger partial charge is 0.315 e. The van der Waals surface area contributed by atoms with E-state index in [1.807, 2.05) is 7.05 Å². The first-order valence-electron chi connectivity index (χ1n) is 5.12. The van der Waals surface area contributed by atoms with Crippen molar-refractivity contribution in [1.82, 2.24) is 10.2 Å². The summed E-state index contributed by atoms with van der Waals surface area (Å²) in [4.78, 5) is 2.16. The maximum absolute atomic E-state index is 11.8. The Morgan fingerprint density at radius 1 is 1.31 bits per heavy atom. The third-order valence-electron chi connectivity index (χ3n) is 1.90. The lowest BCUT2D eigenvalue weighted by Gasteiger charge is -2.16. The molecule has 0 atom stereocenters. The van der Waals surface area contributed by atoms with Gasteiger partial charge in [-0.05, 0) is 25.9 Å². The summed E-state index contributed by atoms with van der Waals surface area (Å²) in [6, 6.07) is 0. The first kappa shape index (κ1) is 12.8. The zero-order chi connectivity index (χ0) is 10.1. The molecule has 0 aromatic heterocycles. The van der Waals surface area contributed by atoms with Crippen molar-refractivity contribution in [3.63, 3.8) is 0 Å². The van der Waals surface area contributed by atoms with Crippen LogP contribution in [0.15, 0.2) is 0 Å². The van der Waals surface area contributed by atoms with Gasteiger partial charge in [-0.3, -0.25) is 4.39 Å². The van der Waals surface area contributed by atoms with Crippen LogP contribution in [0.5, 0.6) is 0 Å². The van der Waals surface area contributed by atoms with Gasteiger partial charge in [0.15, 0.2) is 0 Å². The van der Waals surface area contributed by atoms with E-state index < -0.39 is 0 Å². The van der Waals surface area contributed by atoms with Crippen LogP contribution in [0.4, 0.5) is 4.39 Å². The van der Waals surface area contributed by atoms with Crippen molar-refractivity contribution >= 4 is 0 Å². The first-order valence-corrected chi connectivity index (χ1v) is 5.12.